The second kappa shape index (κ2) is 3.46. The van der Waals surface area contributed by atoms with Crippen molar-refractivity contribution in [3.05, 3.63) is 33.9 Å². The molecule has 0 unspecified atom stereocenters. The Morgan fingerprint density at radius 1 is 1.28 bits per heavy atom. The molecule has 1 spiro atoms. The molecular formula is C14H17N3O. The monoisotopic (exact) mass is 243 g/mol. The normalized spacial score (nSPS) is 21.6. The number of aromatic amines is 1. The molecule has 4 heteroatoms. The molecule has 2 aromatic rings. The Morgan fingerprint density at radius 3 is 2.94 bits per heavy atom. The average molecular weight is 243 g/mol. The van der Waals surface area contributed by atoms with Gasteiger partial charge in [0.25, 0.3) is 5.56 Å². The molecule has 4 nitrogen and oxygen atoms in total. The van der Waals surface area contributed by atoms with Crippen LogP contribution >= 0.6 is 0 Å². The lowest BCUT2D eigenvalue weighted by atomic mass is 9.72. The molecule has 2 aliphatic rings. The van der Waals surface area contributed by atoms with Crippen LogP contribution in [0.3, 0.4) is 0 Å². The highest BCUT2D eigenvalue weighted by Gasteiger charge is 2.38. The summed E-state index contributed by atoms with van der Waals surface area (Å²) in [4.78, 5) is 17.0. The minimum absolute atomic E-state index is 0.104. The fourth-order valence-corrected chi connectivity index (χ4v) is 3.82. The quantitative estimate of drug-likeness (QED) is 0.770. The molecule has 0 radical (unpaired) electrons. The van der Waals surface area contributed by atoms with Crippen molar-refractivity contribution in [3.63, 3.8) is 0 Å². The van der Waals surface area contributed by atoms with Gasteiger partial charge in [-0.05, 0) is 37.5 Å². The Kier molecular flexibility index (Phi) is 1.99. The van der Waals surface area contributed by atoms with E-state index < -0.39 is 0 Å². The lowest BCUT2D eigenvalue weighted by Crippen LogP contribution is -2.32. The van der Waals surface area contributed by atoms with E-state index in [1.54, 1.807) is 10.7 Å². The summed E-state index contributed by atoms with van der Waals surface area (Å²) in [5, 5.41) is 2.94. The first kappa shape index (κ1) is 10.4. The van der Waals surface area contributed by atoms with Crippen LogP contribution in [-0.2, 0) is 12.8 Å². The van der Waals surface area contributed by atoms with Gasteiger partial charge in [-0.1, -0.05) is 12.8 Å². The Bertz CT molecular complexity index is 661. The largest absolute Gasteiger partial charge is 0.297 e. The van der Waals surface area contributed by atoms with Crippen LogP contribution in [-0.4, -0.2) is 14.6 Å². The van der Waals surface area contributed by atoms with Crippen molar-refractivity contribution >= 4 is 5.65 Å². The van der Waals surface area contributed by atoms with E-state index in [2.05, 4.69) is 10.1 Å². The number of hydrogen-bond acceptors (Lipinski definition) is 2. The first-order chi connectivity index (χ1) is 8.77. The number of hydrogen-bond donors (Lipinski definition) is 1. The molecule has 2 aliphatic carbocycles. The van der Waals surface area contributed by atoms with Crippen molar-refractivity contribution in [2.24, 2.45) is 5.41 Å². The number of fused-ring (bicyclic) bond motifs is 2. The van der Waals surface area contributed by atoms with E-state index in [0.717, 1.165) is 29.7 Å². The number of aromatic nitrogens is 3. The molecule has 0 atom stereocenters. The van der Waals surface area contributed by atoms with Crippen LogP contribution in [0.2, 0.25) is 0 Å². The Hall–Kier alpha value is -1.58. The van der Waals surface area contributed by atoms with Crippen LogP contribution < -0.4 is 5.56 Å². The molecule has 1 fully saturated rings. The molecule has 18 heavy (non-hydrogen) atoms. The zero-order valence-electron chi connectivity index (χ0n) is 10.4. The third kappa shape index (κ3) is 1.32. The van der Waals surface area contributed by atoms with Gasteiger partial charge in [-0.2, -0.15) is 0 Å². The standard InChI is InChI=1S/C14H17N3O/c18-13-10-3-7-14(5-1-2-6-14)9-11(10)16-12-4-8-15-17(12)13/h4,8,15H,1-3,5-7,9H2. The summed E-state index contributed by atoms with van der Waals surface area (Å²) in [5.74, 6) is 0. The topological polar surface area (TPSA) is 50.2 Å². The molecule has 2 heterocycles. The van der Waals surface area contributed by atoms with Crippen molar-refractivity contribution in [3.8, 4) is 0 Å². The van der Waals surface area contributed by atoms with E-state index in [-0.39, 0.29) is 5.56 Å². The summed E-state index contributed by atoms with van der Waals surface area (Å²) in [6, 6.07) is 1.87. The number of nitrogens with one attached hydrogen (secondary N) is 1. The van der Waals surface area contributed by atoms with Gasteiger partial charge in [0.15, 0.2) is 5.65 Å². The van der Waals surface area contributed by atoms with E-state index in [0.29, 0.717) is 5.41 Å². The Balaban J connectivity index is 1.88. The van der Waals surface area contributed by atoms with E-state index in [9.17, 15) is 4.79 Å². The predicted molar refractivity (Wildman–Crippen MR) is 68.7 cm³/mol. The summed E-state index contributed by atoms with van der Waals surface area (Å²) >= 11 is 0. The summed E-state index contributed by atoms with van der Waals surface area (Å²) in [7, 11) is 0. The Morgan fingerprint density at radius 2 is 2.11 bits per heavy atom. The highest BCUT2D eigenvalue weighted by Crippen LogP contribution is 2.46. The smallest absolute Gasteiger partial charge is 0.276 e. The van der Waals surface area contributed by atoms with E-state index in [4.69, 9.17) is 0 Å². The lowest BCUT2D eigenvalue weighted by molar-refractivity contribution is 0.250. The molecule has 0 amide bonds. The van der Waals surface area contributed by atoms with Gasteiger partial charge in [-0.3, -0.25) is 9.89 Å². The van der Waals surface area contributed by atoms with E-state index in [1.165, 1.54) is 32.1 Å². The van der Waals surface area contributed by atoms with Crippen LogP contribution in [0, 0.1) is 5.41 Å². The minimum atomic E-state index is 0.104. The number of H-pyrrole nitrogens is 1. The molecule has 0 aliphatic heterocycles. The maximum absolute atomic E-state index is 12.3. The maximum atomic E-state index is 12.3. The fraction of sp³-hybridized carbons (Fsp3) is 0.571. The van der Waals surface area contributed by atoms with Crippen LogP contribution in [0.15, 0.2) is 17.1 Å². The van der Waals surface area contributed by atoms with Crippen molar-refractivity contribution in [1.29, 1.82) is 0 Å². The molecule has 94 valence electrons. The van der Waals surface area contributed by atoms with Crippen molar-refractivity contribution < 1.29 is 0 Å². The van der Waals surface area contributed by atoms with Gasteiger partial charge >= 0.3 is 0 Å². The molecule has 1 saturated carbocycles. The van der Waals surface area contributed by atoms with Crippen molar-refractivity contribution in [2.75, 3.05) is 0 Å². The van der Waals surface area contributed by atoms with Gasteiger partial charge in [-0.25, -0.2) is 9.50 Å². The predicted octanol–water partition coefficient (Wildman–Crippen LogP) is 2.07. The van der Waals surface area contributed by atoms with Crippen LogP contribution in [0.25, 0.3) is 5.65 Å². The summed E-state index contributed by atoms with van der Waals surface area (Å²) < 4.78 is 1.56. The highest BCUT2D eigenvalue weighted by atomic mass is 16.1. The molecule has 1 N–H and O–H groups in total. The van der Waals surface area contributed by atoms with Gasteiger partial charge in [0.1, 0.15) is 0 Å². The SMILES string of the molecule is O=c1c2c(nc3cc[nH]n13)CC1(CCCC1)CC2. The molecule has 4 rings (SSSR count). The second-order valence-electron chi connectivity index (χ2n) is 5.88. The first-order valence-electron chi connectivity index (χ1n) is 6.85. The van der Waals surface area contributed by atoms with Gasteiger partial charge in [0.2, 0.25) is 0 Å². The van der Waals surface area contributed by atoms with Gasteiger partial charge in [0, 0.05) is 17.8 Å². The average Bonchev–Trinajstić information content (AvgIpc) is 2.99. The van der Waals surface area contributed by atoms with Gasteiger partial charge in [-0.15, -0.1) is 0 Å². The highest BCUT2D eigenvalue weighted by molar-refractivity contribution is 5.40. The number of nitrogens with zero attached hydrogens (tertiary/aromatic N) is 2. The molecule has 0 saturated heterocycles. The summed E-state index contributed by atoms with van der Waals surface area (Å²) in [6.07, 6.45) is 10.2. The maximum Gasteiger partial charge on any atom is 0.276 e. The minimum Gasteiger partial charge on any atom is -0.297 e. The fourth-order valence-electron chi connectivity index (χ4n) is 3.82. The van der Waals surface area contributed by atoms with Crippen LogP contribution in [0.4, 0.5) is 0 Å². The van der Waals surface area contributed by atoms with E-state index >= 15 is 0 Å². The molecule has 0 aromatic carbocycles. The van der Waals surface area contributed by atoms with Crippen LogP contribution in [0.1, 0.15) is 43.4 Å². The third-order valence-electron chi connectivity index (χ3n) is 4.84. The number of rotatable bonds is 0. The van der Waals surface area contributed by atoms with Gasteiger partial charge < -0.3 is 0 Å². The zero-order valence-corrected chi connectivity index (χ0v) is 10.4. The third-order valence-corrected chi connectivity index (χ3v) is 4.84. The summed E-state index contributed by atoms with van der Waals surface area (Å²) in [5.41, 5.74) is 3.32. The van der Waals surface area contributed by atoms with Crippen molar-refractivity contribution in [1.82, 2.24) is 14.6 Å². The molecular weight excluding hydrogens is 226 g/mol. The lowest BCUT2D eigenvalue weighted by Gasteiger charge is -2.33. The van der Waals surface area contributed by atoms with Gasteiger partial charge in [0.05, 0.1) is 5.69 Å². The Labute approximate surface area is 105 Å². The molecule has 0 bridgehead atoms. The second-order valence-corrected chi connectivity index (χ2v) is 5.88. The van der Waals surface area contributed by atoms with Crippen molar-refractivity contribution in [2.45, 2.75) is 44.9 Å². The van der Waals surface area contributed by atoms with E-state index in [1.807, 2.05) is 6.07 Å². The zero-order chi connectivity index (χ0) is 12.2. The molecule has 2 aromatic heterocycles. The van der Waals surface area contributed by atoms with Crippen LogP contribution in [0.5, 0.6) is 0 Å². The first-order valence-corrected chi connectivity index (χ1v) is 6.85. The summed E-state index contributed by atoms with van der Waals surface area (Å²) in [6.45, 7) is 0.